The van der Waals surface area contributed by atoms with Crippen molar-refractivity contribution in [3.8, 4) is 11.6 Å². The predicted octanol–water partition coefficient (Wildman–Crippen LogP) is 4.39. The molecule has 3 aromatic rings. The molecule has 0 fully saturated rings. The van der Waals surface area contributed by atoms with Gasteiger partial charge in [0.15, 0.2) is 5.82 Å². The molecule has 2 heterocycles. The number of carbonyl (C=O) groups excluding carboxylic acids is 1. The molecule has 1 amide bonds. The lowest BCUT2D eigenvalue weighted by molar-refractivity contribution is -0.137. The number of nitrogens with one attached hydrogen (secondary N) is 1. The molecule has 0 saturated carbocycles. The molecule has 2 aromatic heterocycles. The second kappa shape index (κ2) is 9.20. The van der Waals surface area contributed by atoms with E-state index in [9.17, 15) is 18.0 Å². The molecule has 0 spiro atoms. The molecule has 31 heavy (non-hydrogen) atoms. The van der Waals surface area contributed by atoms with Gasteiger partial charge in [-0.3, -0.25) is 4.79 Å². The fourth-order valence-electron chi connectivity index (χ4n) is 3.16. The van der Waals surface area contributed by atoms with Gasteiger partial charge in [0.05, 0.1) is 30.1 Å². The van der Waals surface area contributed by atoms with Gasteiger partial charge in [-0.15, -0.1) is 0 Å². The molecule has 0 aliphatic rings. The van der Waals surface area contributed by atoms with Crippen molar-refractivity contribution in [1.82, 2.24) is 20.1 Å². The molecule has 1 aromatic carbocycles. The summed E-state index contributed by atoms with van der Waals surface area (Å²) in [5, 5.41) is 7.08. The highest BCUT2D eigenvalue weighted by molar-refractivity contribution is 5.95. The number of pyridine rings is 1. The van der Waals surface area contributed by atoms with Crippen LogP contribution in [0.4, 0.5) is 13.2 Å². The number of ether oxygens (including phenoxy) is 1. The number of halogens is 3. The van der Waals surface area contributed by atoms with Gasteiger partial charge in [-0.1, -0.05) is 26.0 Å². The van der Waals surface area contributed by atoms with E-state index in [0.717, 1.165) is 23.6 Å². The molecule has 0 saturated heterocycles. The van der Waals surface area contributed by atoms with Crippen LogP contribution in [0.2, 0.25) is 0 Å². The number of alkyl halides is 3. The van der Waals surface area contributed by atoms with E-state index in [1.165, 1.54) is 16.9 Å². The molecule has 9 heteroatoms. The van der Waals surface area contributed by atoms with Crippen molar-refractivity contribution in [2.75, 3.05) is 13.7 Å². The van der Waals surface area contributed by atoms with Gasteiger partial charge in [0.2, 0.25) is 0 Å². The Morgan fingerprint density at radius 2 is 1.84 bits per heavy atom. The van der Waals surface area contributed by atoms with Crippen LogP contribution in [-0.4, -0.2) is 34.3 Å². The lowest BCUT2D eigenvalue weighted by Crippen LogP contribution is -2.26. The van der Waals surface area contributed by atoms with Crippen LogP contribution in [0, 0.1) is 0 Å². The number of amides is 1. The van der Waals surface area contributed by atoms with Crippen LogP contribution in [0.3, 0.4) is 0 Å². The number of nitrogens with zero attached hydrogens (tertiary/aromatic N) is 3. The van der Waals surface area contributed by atoms with Crippen LogP contribution in [0.25, 0.3) is 5.82 Å². The Labute approximate surface area is 178 Å². The zero-order chi connectivity index (χ0) is 22.6. The lowest BCUT2D eigenvalue weighted by Gasteiger charge is -2.13. The van der Waals surface area contributed by atoms with Gasteiger partial charge in [-0.2, -0.15) is 18.3 Å². The van der Waals surface area contributed by atoms with Gasteiger partial charge in [0, 0.05) is 12.7 Å². The third-order valence-corrected chi connectivity index (χ3v) is 4.75. The van der Waals surface area contributed by atoms with Crippen LogP contribution in [0.1, 0.15) is 46.9 Å². The predicted molar refractivity (Wildman–Crippen MR) is 109 cm³/mol. The Kier molecular flexibility index (Phi) is 6.62. The molecule has 164 valence electrons. The van der Waals surface area contributed by atoms with E-state index in [1.54, 1.807) is 7.11 Å². The third kappa shape index (κ3) is 5.22. The highest BCUT2D eigenvalue weighted by Crippen LogP contribution is 2.29. The van der Waals surface area contributed by atoms with Crippen LogP contribution >= 0.6 is 0 Å². The van der Waals surface area contributed by atoms with E-state index < -0.39 is 11.7 Å². The van der Waals surface area contributed by atoms with E-state index in [1.807, 2.05) is 38.1 Å². The molecule has 1 N–H and O–H groups in total. The smallest absolute Gasteiger partial charge is 0.417 e. The van der Waals surface area contributed by atoms with Gasteiger partial charge < -0.3 is 10.1 Å². The Bertz CT molecular complexity index is 1030. The number of methoxy groups -OCH3 is 1. The molecule has 0 bridgehead atoms. The summed E-state index contributed by atoms with van der Waals surface area (Å²) >= 11 is 0. The number of aromatic nitrogens is 3. The van der Waals surface area contributed by atoms with Crippen molar-refractivity contribution in [3.63, 3.8) is 0 Å². The van der Waals surface area contributed by atoms with Crippen molar-refractivity contribution in [1.29, 1.82) is 0 Å². The number of hydrogen-bond donors (Lipinski definition) is 1. The van der Waals surface area contributed by atoms with Crippen LogP contribution in [-0.2, 0) is 12.6 Å². The zero-order valence-corrected chi connectivity index (χ0v) is 17.4. The van der Waals surface area contributed by atoms with Crippen molar-refractivity contribution in [2.24, 2.45) is 0 Å². The molecule has 0 atom stereocenters. The largest absolute Gasteiger partial charge is 0.497 e. The number of carbonyl (C=O) groups is 1. The van der Waals surface area contributed by atoms with E-state index in [2.05, 4.69) is 15.4 Å². The average molecular weight is 432 g/mol. The maximum atomic E-state index is 12.8. The average Bonchev–Trinajstić information content (AvgIpc) is 3.19. The molecular formula is C22H23F3N4O2. The van der Waals surface area contributed by atoms with Crippen molar-refractivity contribution in [2.45, 2.75) is 32.4 Å². The summed E-state index contributed by atoms with van der Waals surface area (Å²) in [5.41, 5.74) is 1.15. The molecule has 0 radical (unpaired) electrons. The Morgan fingerprint density at radius 1 is 1.13 bits per heavy atom. The van der Waals surface area contributed by atoms with Crippen molar-refractivity contribution < 1.29 is 22.7 Å². The quantitative estimate of drug-likeness (QED) is 0.601. The summed E-state index contributed by atoms with van der Waals surface area (Å²) in [4.78, 5) is 16.6. The SMILES string of the molecule is COc1ccc(CCNC(=O)c2cnn(-c3ccc(C(F)(F)F)cn3)c2C(C)C)cc1. The molecule has 6 nitrogen and oxygen atoms in total. The summed E-state index contributed by atoms with van der Waals surface area (Å²) in [5.74, 6) is 0.580. The summed E-state index contributed by atoms with van der Waals surface area (Å²) < 4.78 is 44.9. The Balaban J connectivity index is 1.74. The second-order valence-corrected chi connectivity index (χ2v) is 7.27. The normalized spacial score (nSPS) is 11.6. The van der Waals surface area contributed by atoms with E-state index in [4.69, 9.17) is 4.74 Å². The fourth-order valence-corrected chi connectivity index (χ4v) is 3.16. The van der Waals surface area contributed by atoms with Crippen molar-refractivity contribution >= 4 is 5.91 Å². The summed E-state index contributed by atoms with van der Waals surface area (Å²) in [7, 11) is 1.60. The standard InChI is InChI=1S/C22H23F3N4O2/c1-14(2)20-18(21(30)26-11-10-15-4-7-17(31-3)8-5-15)13-28-29(20)19-9-6-16(12-27-19)22(23,24)25/h4-9,12-14H,10-11H2,1-3H3,(H,26,30). The van der Waals surface area contributed by atoms with E-state index >= 15 is 0 Å². The lowest BCUT2D eigenvalue weighted by atomic mass is 10.1. The van der Waals surface area contributed by atoms with Crippen LogP contribution in [0.5, 0.6) is 5.75 Å². The number of hydrogen-bond acceptors (Lipinski definition) is 4. The van der Waals surface area contributed by atoms with Crippen LogP contribution < -0.4 is 10.1 Å². The van der Waals surface area contributed by atoms with E-state index in [0.29, 0.717) is 24.2 Å². The highest BCUT2D eigenvalue weighted by Gasteiger charge is 2.31. The number of rotatable bonds is 7. The maximum absolute atomic E-state index is 12.8. The molecule has 0 aliphatic heterocycles. The summed E-state index contributed by atoms with van der Waals surface area (Å²) in [6.07, 6.45) is -1.65. The monoisotopic (exact) mass is 432 g/mol. The maximum Gasteiger partial charge on any atom is 0.417 e. The summed E-state index contributed by atoms with van der Waals surface area (Å²) in [6, 6.07) is 9.76. The van der Waals surface area contributed by atoms with Gasteiger partial charge in [-0.25, -0.2) is 9.67 Å². The van der Waals surface area contributed by atoms with Gasteiger partial charge in [-0.05, 0) is 42.2 Å². The van der Waals surface area contributed by atoms with Gasteiger partial charge in [0.25, 0.3) is 5.91 Å². The molecule has 0 unspecified atom stereocenters. The minimum absolute atomic E-state index is 0.103. The van der Waals surface area contributed by atoms with Gasteiger partial charge in [0.1, 0.15) is 5.75 Å². The highest BCUT2D eigenvalue weighted by atomic mass is 19.4. The minimum Gasteiger partial charge on any atom is -0.497 e. The molecular weight excluding hydrogens is 409 g/mol. The topological polar surface area (TPSA) is 69.0 Å². The van der Waals surface area contributed by atoms with Crippen LogP contribution in [0.15, 0.2) is 48.8 Å². The summed E-state index contributed by atoms with van der Waals surface area (Å²) in [6.45, 7) is 4.18. The Morgan fingerprint density at radius 3 is 2.39 bits per heavy atom. The first-order valence-electron chi connectivity index (χ1n) is 9.73. The zero-order valence-electron chi connectivity index (χ0n) is 17.4. The fraction of sp³-hybridized carbons (Fsp3) is 0.318. The first kappa shape index (κ1) is 22.3. The first-order valence-corrected chi connectivity index (χ1v) is 9.73. The second-order valence-electron chi connectivity index (χ2n) is 7.27. The minimum atomic E-state index is -4.47. The number of benzene rings is 1. The molecule has 0 aliphatic carbocycles. The third-order valence-electron chi connectivity index (χ3n) is 4.75. The van der Waals surface area contributed by atoms with Gasteiger partial charge >= 0.3 is 6.18 Å². The molecule has 3 rings (SSSR count). The van der Waals surface area contributed by atoms with E-state index in [-0.39, 0.29) is 17.6 Å². The first-order chi connectivity index (χ1) is 14.7. The Hall–Kier alpha value is -3.36. The van der Waals surface area contributed by atoms with Crippen molar-refractivity contribution in [3.05, 3.63) is 71.2 Å².